The van der Waals surface area contributed by atoms with Crippen LogP contribution in [0.25, 0.3) is 10.9 Å². The third-order valence-corrected chi connectivity index (χ3v) is 2.14. The van der Waals surface area contributed by atoms with E-state index in [1.54, 1.807) is 6.07 Å². The first-order valence-electron chi connectivity index (χ1n) is 4.88. The van der Waals surface area contributed by atoms with E-state index in [9.17, 15) is 9.59 Å². The van der Waals surface area contributed by atoms with E-state index in [0.29, 0.717) is 5.69 Å². The Balaban J connectivity index is 2.06. The number of carboxylic acid groups (broad SMARTS) is 1. The molecule has 0 aliphatic carbocycles. The van der Waals surface area contributed by atoms with Crippen LogP contribution in [0.5, 0.6) is 0 Å². The lowest BCUT2D eigenvalue weighted by molar-refractivity contribution is -0.144. The summed E-state index contributed by atoms with van der Waals surface area (Å²) in [5.74, 6) is -1.66. The average Bonchev–Trinajstić information content (AvgIpc) is 2.71. The van der Waals surface area contributed by atoms with E-state index in [1.807, 2.05) is 29.7 Å². The second-order valence-electron chi connectivity index (χ2n) is 3.38. The lowest BCUT2D eigenvalue weighted by Crippen LogP contribution is -2.26. The molecule has 0 spiro atoms. The largest absolute Gasteiger partial charge is 0.479 e. The predicted molar refractivity (Wildman–Crippen MR) is 59.4 cm³/mol. The summed E-state index contributed by atoms with van der Waals surface area (Å²) in [4.78, 5) is 29.1. The number of aromatic nitrogens is 1. The molecule has 1 heterocycles. The van der Waals surface area contributed by atoms with E-state index >= 15 is 0 Å². The maximum Gasteiger partial charge on any atom is 0.332 e. The van der Waals surface area contributed by atoms with Gasteiger partial charge >= 0.3 is 5.97 Å². The van der Waals surface area contributed by atoms with Gasteiger partial charge in [-0.1, -0.05) is 18.2 Å². The average molecular weight is 234 g/mol. The molecule has 1 amide bonds. The van der Waals surface area contributed by atoms with Crippen molar-refractivity contribution in [3.05, 3.63) is 36.0 Å². The topological polar surface area (TPSA) is 91.4 Å². The highest BCUT2D eigenvalue weighted by atomic mass is 16.7. The molecule has 1 aromatic carbocycles. The van der Waals surface area contributed by atoms with Gasteiger partial charge in [-0.3, -0.25) is 9.63 Å². The number of hydrogen-bond donors (Lipinski definition) is 3. The Labute approximate surface area is 96.2 Å². The first-order valence-corrected chi connectivity index (χ1v) is 4.88. The Morgan fingerprint density at radius 3 is 2.82 bits per heavy atom. The molecule has 0 saturated heterocycles. The summed E-state index contributed by atoms with van der Waals surface area (Å²) >= 11 is 0. The molecule has 0 aliphatic rings. The van der Waals surface area contributed by atoms with Crippen molar-refractivity contribution < 1.29 is 19.5 Å². The molecule has 3 N–H and O–H groups in total. The number of nitrogens with one attached hydrogen (secondary N) is 2. The van der Waals surface area contributed by atoms with Crippen LogP contribution in [0.2, 0.25) is 0 Å². The fraction of sp³-hybridized carbons (Fsp3) is 0.0909. The molecule has 0 unspecified atom stereocenters. The predicted octanol–water partition coefficient (Wildman–Crippen LogP) is 0.914. The molecule has 88 valence electrons. The number of carboxylic acids is 1. The van der Waals surface area contributed by atoms with Crippen molar-refractivity contribution in [3.63, 3.8) is 0 Å². The van der Waals surface area contributed by atoms with E-state index in [0.717, 1.165) is 10.9 Å². The minimum absolute atomic E-state index is 0.316. The standard InChI is InChI=1S/C11H10N2O4/c14-10(15)6-17-13-11(16)9-5-7-3-1-2-4-8(7)12-9/h1-5,12H,6H2,(H,13,16)(H,14,15). The summed E-state index contributed by atoms with van der Waals surface area (Å²) < 4.78 is 0. The second-order valence-corrected chi connectivity index (χ2v) is 3.38. The number of para-hydroxylation sites is 1. The van der Waals surface area contributed by atoms with Gasteiger partial charge in [0.15, 0.2) is 6.61 Å². The van der Waals surface area contributed by atoms with Crippen LogP contribution in [0.3, 0.4) is 0 Å². The molecular weight excluding hydrogens is 224 g/mol. The number of amides is 1. The van der Waals surface area contributed by atoms with Crippen LogP contribution >= 0.6 is 0 Å². The van der Waals surface area contributed by atoms with Gasteiger partial charge in [0.05, 0.1) is 0 Å². The van der Waals surface area contributed by atoms with Crippen molar-refractivity contribution in [1.29, 1.82) is 0 Å². The van der Waals surface area contributed by atoms with Crippen molar-refractivity contribution in [1.82, 2.24) is 10.5 Å². The van der Waals surface area contributed by atoms with Gasteiger partial charge in [-0.15, -0.1) is 0 Å². The molecule has 2 rings (SSSR count). The van der Waals surface area contributed by atoms with E-state index in [1.165, 1.54) is 0 Å². The van der Waals surface area contributed by atoms with Crippen LogP contribution in [0.4, 0.5) is 0 Å². The first-order chi connectivity index (χ1) is 8.16. The smallest absolute Gasteiger partial charge is 0.332 e. The van der Waals surface area contributed by atoms with Crippen molar-refractivity contribution in [2.75, 3.05) is 6.61 Å². The Morgan fingerprint density at radius 2 is 2.12 bits per heavy atom. The van der Waals surface area contributed by atoms with Gasteiger partial charge in [0, 0.05) is 10.9 Å². The molecule has 0 saturated carbocycles. The van der Waals surface area contributed by atoms with Crippen molar-refractivity contribution in [2.45, 2.75) is 0 Å². The van der Waals surface area contributed by atoms with Crippen LogP contribution in [0.15, 0.2) is 30.3 Å². The Hall–Kier alpha value is -2.34. The number of aromatic amines is 1. The van der Waals surface area contributed by atoms with E-state index < -0.39 is 18.5 Å². The zero-order valence-corrected chi connectivity index (χ0v) is 8.77. The molecule has 1 aromatic heterocycles. The highest BCUT2D eigenvalue weighted by Gasteiger charge is 2.09. The molecule has 6 nitrogen and oxygen atoms in total. The molecule has 0 radical (unpaired) electrons. The van der Waals surface area contributed by atoms with Gasteiger partial charge in [0.25, 0.3) is 5.91 Å². The third-order valence-electron chi connectivity index (χ3n) is 2.14. The molecule has 0 bridgehead atoms. The summed E-state index contributed by atoms with van der Waals surface area (Å²) in [6.07, 6.45) is 0. The van der Waals surface area contributed by atoms with Gasteiger partial charge in [0.2, 0.25) is 0 Å². The van der Waals surface area contributed by atoms with Crippen LogP contribution < -0.4 is 5.48 Å². The summed E-state index contributed by atoms with van der Waals surface area (Å²) in [6, 6.07) is 9.07. The molecule has 2 aromatic rings. The van der Waals surface area contributed by atoms with Crippen molar-refractivity contribution in [3.8, 4) is 0 Å². The number of aliphatic carboxylic acids is 1. The lowest BCUT2D eigenvalue weighted by atomic mass is 10.2. The number of carbonyl (C=O) groups excluding carboxylic acids is 1. The maximum atomic E-state index is 11.5. The summed E-state index contributed by atoms with van der Waals surface area (Å²) in [7, 11) is 0. The Bertz CT molecular complexity index is 528. The minimum atomic E-state index is -1.15. The monoisotopic (exact) mass is 234 g/mol. The van der Waals surface area contributed by atoms with Gasteiger partial charge in [-0.2, -0.15) is 0 Å². The normalized spacial score (nSPS) is 10.4. The summed E-state index contributed by atoms with van der Waals surface area (Å²) in [5.41, 5.74) is 3.19. The Morgan fingerprint density at radius 1 is 1.35 bits per heavy atom. The van der Waals surface area contributed by atoms with Gasteiger partial charge in [-0.25, -0.2) is 10.3 Å². The number of hydroxylamine groups is 1. The van der Waals surface area contributed by atoms with Crippen molar-refractivity contribution in [2.24, 2.45) is 0 Å². The van der Waals surface area contributed by atoms with Gasteiger partial charge in [0.1, 0.15) is 5.69 Å². The number of fused-ring (bicyclic) bond motifs is 1. The van der Waals surface area contributed by atoms with Gasteiger partial charge < -0.3 is 10.1 Å². The van der Waals surface area contributed by atoms with E-state index in [2.05, 4.69) is 9.82 Å². The molecule has 17 heavy (non-hydrogen) atoms. The number of benzene rings is 1. The van der Waals surface area contributed by atoms with Crippen LogP contribution in [0.1, 0.15) is 10.5 Å². The highest BCUT2D eigenvalue weighted by Crippen LogP contribution is 2.14. The van der Waals surface area contributed by atoms with E-state index in [4.69, 9.17) is 5.11 Å². The quantitative estimate of drug-likeness (QED) is 0.686. The summed E-state index contributed by atoms with van der Waals surface area (Å²) in [5, 5.41) is 9.23. The number of H-pyrrole nitrogens is 1. The minimum Gasteiger partial charge on any atom is -0.479 e. The number of rotatable bonds is 4. The molecule has 6 heteroatoms. The summed E-state index contributed by atoms with van der Waals surface area (Å²) in [6.45, 7) is -0.577. The zero-order valence-electron chi connectivity index (χ0n) is 8.77. The first kappa shape index (κ1) is 11.2. The highest BCUT2D eigenvalue weighted by molar-refractivity contribution is 5.97. The van der Waals surface area contributed by atoms with Crippen molar-refractivity contribution >= 4 is 22.8 Å². The third kappa shape index (κ3) is 2.61. The SMILES string of the molecule is O=C(O)CONC(=O)c1cc2ccccc2[nH]1. The lowest BCUT2D eigenvalue weighted by Gasteiger charge is -2.00. The molecule has 0 atom stereocenters. The van der Waals surface area contributed by atoms with Crippen LogP contribution in [-0.4, -0.2) is 28.6 Å². The second kappa shape index (κ2) is 4.67. The fourth-order valence-electron chi connectivity index (χ4n) is 1.41. The fourth-order valence-corrected chi connectivity index (χ4v) is 1.41. The molecule has 0 aliphatic heterocycles. The van der Waals surface area contributed by atoms with E-state index in [-0.39, 0.29) is 0 Å². The number of carbonyl (C=O) groups is 2. The van der Waals surface area contributed by atoms with Gasteiger partial charge in [-0.05, 0) is 12.1 Å². The Kier molecular flexibility index (Phi) is 3.06. The zero-order chi connectivity index (χ0) is 12.3. The molecule has 0 fully saturated rings. The maximum absolute atomic E-state index is 11.5. The number of hydrogen-bond acceptors (Lipinski definition) is 3. The van der Waals surface area contributed by atoms with Crippen LogP contribution in [-0.2, 0) is 9.63 Å². The molecular formula is C11H10N2O4. The van der Waals surface area contributed by atoms with Crippen LogP contribution in [0, 0.1) is 0 Å².